The Hall–Kier alpha value is -1.49. The van der Waals surface area contributed by atoms with E-state index in [1.54, 1.807) is 0 Å². The fourth-order valence-electron chi connectivity index (χ4n) is 1.43. The minimum Gasteiger partial charge on any atom is -0.344 e. The smallest absolute Gasteiger partial charge is 0.227 e. The number of benzene rings is 1. The first-order valence-electron chi connectivity index (χ1n) is 4.67. The molecule has 0 saturated carbocycles. The first-order chi connectivity index (χ1) is 7.25. The molecule has 0 fully saturated rings. The Kier molecular flexibility index (Phi) is 2.91. The van der Waals surface area contributed by atoms with Crippen molar-refractivity contribution in [3.8, 4) is 0 Å². The molecule has 4 nitrogen and oxygen atoms in total. The molecule has 5 heteroatoms. The molecule has 0 aliphatic heterocycles. The van der Waals surface area contributed by atoms with Gasteiger partial charge < -0.3 is 4.90 Å². The van der Waals surface area contributed by atoms with Crippen LogP contribution in [0.25, 0.3) is 0 Å². The van der Waals surface area contributed by atoms with Gasteiger partial charge in [0.15, 0.2) is 0 Å². The largest absolute Gasteiger partial charge is 0.344 e. The number of hydrogen-bond donors (Lipinski definition) is 0. The number of anilines is 1. The van der Waals surface area contributed by atoms with Crippen LogP contribution in [-0.2, 0) is 6.54 Å². The zero-order chi connectivity index (χ0) is 10.7. The van der Waals surface area contributed by atoms with Crippen molar-refractivity contribution < 1.29 is 0 Å². The second kappa shape index (κ2) is 4.35. The highest BCUT2D eigenvalue weighted by Gasteiger charge is 2.05. The summed E-state index contributed by atoms with van der Waals surface area (Å²) < 4.78 is 3.74. The summed E-state index contributed by atoms with van der Waals surface area (Å²) in [6, 6.07) is 8.44. The quantitative estimate of drug-likeness (QED) is 0.792. The molecule has 0 N–H and O–H groups in total. The van der Waals surface area contributed by atoms with Crippen molar-refractivity contribution in [3.05, 3.63) is 35.4 Å². The maximum atomic E-state index is 3.92. The second-order valence-corrected chi connectivity index (χ2v) is 4.20. The van der Waals surface area contributed by atoms with Gasteiger partial charge in [-0.1, -0.05) is 39.4 Å². The maximum absolute atomic E-state index is 3.92. The topological polar surface area (TPSA) is 41.9 Å². The van der Waals surface area contributed by atoms with Crippen molar-refractivity contribution >= 4 is 16.7 Å². The maximum Gasteiger partial charge on any atom is 0.227 e. The molecular weight excluding hydrogens is 208 g/mol. The Morgan fingerprint density at radius 2 is 2.27 bits per heavy atom. The lowest BCUT2D eigenvalue weighted by molar-refractivity contribution is 0.873. The summed E-state index contributed by atoms with van der Waals surface area (Å²) in [5.41, 5.74) is 2.55. The van der Waals surface area contributed by atoms with Crippen LogP contribution in [0.1, 0.15) is 11.1 Å². The minimum atomic E-state index is 0.832. The third-order valence-corrected chi connectivity index (χ3v) is 2.83. The molecule has 0 aliphatic rings. The van der Waals surface area contributed by atoms with Crippen LogP contribution in [0.2, 0.25) is 0 Å². The summed E-state index contributed by atoms with van der Waals surface area (Å²) in [5, 5.41) is 8.34. The summed E-state index contributed by atoms with van der Waals surface area (Å²) in [5.74, 6) is 0. The molecule has 0 amide bonds. The van der Waals surface area contributed by atoms with Gasteiger partial charge in [0.05, 0.1) is 0 Å². The van der Waals surface area contributed by atoms with E-state index in [0.717, 1.165) is 11.7 Å². The monoisotopic (exact) mass is 220 g/mol. The molecule has 1 aromatic heterocycles. The van der Waals surface area contributed by atoms with Crippen molar-refractivity contribution in [3.63, 3.8) is 0 Å². The van der Waals surface area contributed by atoms with Crippen LogP contribution in [0.4, 0.5) is 5.13 Å². The zero-order valence-electron chi connectivity index (χ0n) is 8.71. The zero-order valence-corrected chi connectivity index (χ0v) is 9.53. The van der Waals surface area contributed by atoms with Gasteiger partial charge in [0.1, 0.15) is 0 Å². The van der Waals surface area contributed by atoms with Gasteiger partial charge in [-0.05, 0) is 17.7 Å². The Labute approximate surface area is 92.7 Å². The Balaban J connectivity index is 2.09. The highest BCUT2D eigenvalue weighted by atomic mass is 32.1. The van der Waals surface area contributed by atoms with E-state index < -0.39 is 0 Å². The lowest BCUT2D eigenvalue weighted by Gasteiger charge is -2.14. The van der Waals surface area contributed by atoms with Gasteiger partial charge in [0.2, 0.25) is 5.13 Å². The predicted octanol–water partition coefficient (Wildman–Crippen LogP) is 1.88. The third-order valence-electron chi connectivity index (χ3n) is 2.12. The molecule has 1 aromatic carbocycles. The summed E-state index contributed by atoms with van der Waals surface area (Å²) in [7, 11) is 1.99. The minimum absolute atomic E-state index is 0.832. The molecular formula is C10H12N4S. The molecule has 0 radical (unpaired) electrons. The number of rotatable bonds is 3. The molecule has 0 spiro atoms. The normalized spacial score (nSPS) is 10.3. The van der Waals surface area contributed by atoms with Crippen molar-refractivity contribution in [1.82, 2.24) is 14.8 Å². The van der Waals surface area contributed by atoms with Gasteiger partial charge in [-0.25, -0.2) is 0 Å². The highest BCUT2D eigenvalue weighted by molar-refractivity contribution is 7.09. The van der Waals surface area contributed by atoms with Gasteiger partial charge in [-0.3, -0.25) is 0 Å². The van der Waals surface area contributed by atoms with E-state index in [-0.39, 0.29) is 0 Å². The summed E-state index contributed by atoms with van der Waals surface area (Å²) in [6.45, 7) is 2.93. The summed E-state index contributed by atoms with van der Waals surface area (Å²) >= 11 is 1.31. The molecule has 0 atom stereocenters. The molecule has 0 saturated heterocycles. The molecule has 2 rings (SSSR count). The molecule has 1 heterocycles. The Morgan fingerprint density at radius 1 is 1.40 bits per heavy atom. The van der Waals surface area contributed by atoms with Crippen LogP contribution in [0.15, 0.2) is 24.3 Å². The van der Waals surface area contributed by atoms with Crippen LogP contribution in [0.5, 0.6) is 0 Å². The predicted molar refractivity (Wildman–Crippen MR) is 61.0 cm³/mol. The number of nitrogens with zero attached hydrogens (tertiary/aromatic N) is 4. The SMILES string of the molecule is Cc1cccc(CN(C)c2nnns2)c1. The van der Waals surface area contributed by atoms with Gasteiger partial charge in [-0.2, -0.15) is 0 Å². The molecule has 0 unspecified atom stereocenters. The van der Waals surface area contributed by atoms with Gasteiger partial charge in [0.25, 0.3) is 0 Å². The fourth-order valence-corrected chi connectivity index (χ4v) is 1.85. The summed E-state index contributed by atoms with van der Waals surface area (Å²) in [6.07, 6.45) is 0. The summed E-state index contributed by atoms with van der Waals surface area (Å²) in [4.78, 5) is 2.04. The van der Waals surface area contributed by atoms with Gasteiger partial charge >= 0.3 is 0 Å². The Morgan fingerprint density at radius 3 is 2.93 bits per heavy atom. The van der Waals surface area contributed by atoms with E-state index in [9.17, 15) is 0 Å². The average Bonchev–Trinajstić information content (AvgIpc) is 2.70. The average molecular weight is 220 g/mol. The van der Waals surface area contributed by atoms with Crippen molar-refractivity contribution in [2.24, 2.45) is 0 Å². The van der Waals surface area contributed by atoms with Crippen molar-refractivity contribution in [2.45, 2.75) is 13.5 Å². The van der Waals surface area contributed by atoms with E-state index in [1.165, 1.54) is 22.7 Å². The molecule has 0 aliphatic carbocycles. The third kappa shape index (κ3) is 2.50. The van der Waals surface area contributed by atoms with Crippen LogP contribution < -0.4 is 4.90 Å². The van der Waals surface area contributed by atoms with Crippen LogP contribution >= 0.6 is 11.5 Å². The Bertz CT molecular complexity index is 427. The van der Waals surface area contributed by atoms with Crippen LogP contribution in [0.3, 0.4) is 0 Å². The lowest BCUT2D eigenvalue weighted by atomic mass is 10.1. The van der Waals surface area contributed by atoms with E-state index in [1.807, 2.05) is 11.9 Å². The van der Waals surface area contributed by atoms with E-state index in [2.05, 4.69) is 46.0 Å². The lowest BCUT2D eigenvalue weighted by Crippen LogP contribution is -2.16. The van der Waals surface area contributed by atoms with E-state index >= 15 is 0 Å². The first-order valence-corrected chi connectivity index (χ1v) is 5.45. The van der Waals surface area contributed by atoms with Gasteiger partial charge in [-0.15, -0.1) is 0 Å². The standard InChI is InChI=1S/C10H12N4S/c1-8-4-3-5-9(6-8)7-14(2)10-11-12-13-15-10/h3-6H,7H2,1-2H3. The van der Waals surface area contributed by atoms with E-state index in [4.69, 9.17) is 0 Å². The second-order valence-electron chi connectivity index (χ2n) is 3.49. The first kappa shape index (κ1) is 10.0. The number of aryl methyl sites for hydroxylation is 1. The van der Waals surface area contributed by atoms with E-state index in [0.29, 0.717) is 0 Å². The van der Waals surface area contributed by atoms with Crippen LogP contribution in [-0.4, -0.2) is 21.8 Å². The molecule has 78 valence electrons. The highest BCUT2D eigenvalue weighted by Crippen LogP contribution is 2.15. The van der Waals surface area contributed by atoms with Crippen molar-refractivity contribution in [1.29, 1.82) is 0 Å². The molecule has 0 bridgehead atoms. The molecule has 15 heavy (non-hydrogen) atoms. The molecule has 2 aromatic rings. The van der Waals surface area contributed by atoms with Gasteiger partial charge in [0, 0.05) is 25.1 Å². The van der Waals surface area contributed by atoms with Crippen LogP contribution in [0, 0.1) is 6.92 Å². The van der Waals surface area contributed by atoms with Crippen molar-refractivity contribution in [2.75, 3.05) is 11.9 Å². The fraction of sp³-hybridized carbons (Fsp3) is 0.300. The number of hydrogen-bond acceptors (Lipinski definition) is 5. The number of aromatic nitrogens is 3.